The maximum absolute atomic E-state index is 11.8. The molecular weight excluding hydrogens is 262 g/mol. The second-order valence-corrected chi connectivity index (χ2v) is 4.90. The normalized spacial score (nSPS) is 22.6. The van der Waals surface area contributed by atoms with E-state index in [4.69, 9.17) is 0 Å². The Bertz CT molecular complexity index is 498. The number of carbonyl (C=O) groups is 4. The van der Waals surface area contributed by atoms with Crippen molar-refractivity contribution in [3.05, 3.63) is 11.6 Å². The van der Waals surface area contributed by atoms with Gasteiger partial charge in [-0.25, -0.2) is 0 Å². The molecule has 7 nitrogen and oxygen atoms in total. The van der Waals surface area contributed by atoms with Gasteiger partial charge >= 0.3 is 0 Å². The maximum atomic E-state index is 11.8. The predicted molar refractivity (Wildman–Crippen MR) is 69.2 cm³/mol. The molecule has 0 aromatic carbocycles. The molecule has 7 heteroatoms. The fourth-order valence-electron chi connectivity index (χ4n) is 2.29. The topological polar surface area (TPSA) is 95.6 Å². The second kappa shape index (κ2) is 5.85. The van der Waals surface area contributed by atoms with Gasteiger partial charge in [0, 0.05) is 31.3 Å². The summed E-state index contributed by atoms with van der Waals surface area (Å²) in [6.07, 6.45) is 2.58. The molecule has 4 amide bonds. The summed E-state index contributed by atoms with van der Waals surface area (Å²) >= 11 is 0. The molecule has 2 N–H and O–H groups in total. The van der Waals surface area contributed by atoms with Gasteiger partial charge in [-0.2, -0.15) is 0 Å². The van der Waals surface area contributed by atoms with E-state index in [9.17, 15) is 19.2 Å². The summed E-state index contributed by atoms with van der Waals surface area (Å²) in [6.45, 7) is 2.45. The third-order valence-corrected chi connectivity index (χ3v) is 3.42. The van der Waals surface area contributed by atoms with Crippen molar-refractivity contribution < 1.29 is 19.2 Å². The molecule has 0 bridgehead atoms. The summed E-state index contributed by atoms with van der Waals surface area (Å²) < 4.78 is 0. The molecule has 0 aliphatic carbocycles. The van der Waals surface area contributed by atoms with Gasteiger partial charge in [-0.05, 0) is 19.8 Å². The van der Waals surface area contributed by atoms with Crippen LogP contribution in [-0.4, -0.2) is 48.2 Å². The van der Waals surface area contributed by atoms with Crippen LogP contribution in [0.2, 0.25) is 0 Å². The largest absolute Gasteiger partial charge is 0.355 e. The summed E-state index contributed by atoms with van der Waals surface area (Å²) in [5.74, 6) is -1.99. The first-order valence-electron chi connectivity index (χ1n) is 6.60. The fourth-order valence-corrected chi connectivity index (χ4v) is 2.29. The molecule has 1 saturated heterocycles. The fraction of sp³-hybridized carbons (Fsp3) is 0.538. The molecule has 1 fully saturated rings. The lowest BCUT2D eigenvalue weighted by Crippen LogP contribution is -2.47. The Balaban J connectivity index is 1.79. The molecule has 2 rings (SSSR count). The van der Waals surface area contributed by atoms with Gasteiger partial charge in [0.05, 0.1) is 0 Å². The Morgan fingerprint density at radius 2 is 2.20 bits per heavy atom. The Hall–Kier alpha value is -2.18. The smallest absolute Gasteiger partial charge is 0.256 e. The van der Waals surface area contributed by atoms with Gasteiger partial charge in [0.2, 0.25) is 11.8 Å². The van der Waals surface area contributed by atoms with Crippen molar-refractivity contribution in [3.63, 3.8) is 0 Å². The van der Waals surface area contributed by atoms with Crippen LogP contribution in [0.25, 0.3) is 0 Å². The number of carbonyl (C=O) groups excluding carboxylic acids is 4. The lowest BCUT2D eigenvalue weighted by atomic mass is 9.98. The molecule has 108 valence electrons. The Morgan fingerprint density at radius 1 is 1.45 bits per heavy atom. The van der Waals surface area contributed by atoms with Crippen molar-refractivity contribution in [2.45, 2.75) is 19.8 Å². The van der Waals surface area contributed by atoms with Crippen molar-refractivity contribution in [1.82, 2.24) is 15.5 Å². The second-order valence-electron chi connectivity index (χ2n) is 4.90. The third-order valence-electron chi connectivity index (χ3n) is 3.42. The maximum Gasteiger partial charge on any atom is 0.256 e. The first-order chi connectivity index (χ1) is 9.50. The van der Waals surface area contributed by atoms with Gasteiger partial charge in [-0.3, -0.25) is 24.1 Å². The molecule has 0 aromatic rings. The van der Waals surface area contributed by atoms with Crippen LogP contribution in [0.5, 0.6) is 0 Å². The van der Waals surface area contributed by atoms with E-state index >= 15 is 0 Å². The molecule has 20 heavy (non-hydrogen) atoms. The van der Waals surface area contributed by atoms with E-state index in [-0.39, 0.29) is 36.7 Å². The van der Waals surface area contributed by atoms with E-state index in [0.717, 1.165) is 11.3 Å². The molecule has 0 saturated carbocycles. The van der Waals surface area contributed by atoms with Crippen LogP contribution in [-0.2, 0) is 19.2 Å². The van der Waals surface area contributed by atoms with Crippen molar-refractivity contribution >= 4 is 23.6 Å². The number of rotatable bonds is 4. The van der Waals surface area contributed by atoms with Gasteiger partial charge in [0.15, 0.2) is 0 Å². The first-order valence-corrected chi connectivity index (χ1v) is 6.60. The van der Waals surface area contributed by atoms with Gasteiger partial charge in [-0.15, -0.1) is 0 Å². The van der Waals surface area contributed by atoms with Crippen LogP contribution in [0.1, 0.15) is 19.8 Å². The molecule has 1 unspecified atom stereocenters. The molecule has 1 atom stereocenters. The number of nitrogens with zero attached hydrogens (tertiary/aromatic N) is 1. The SMILES string of the molecule is CC1=CC(=O)N(CCNC(=O)C2CCCNC2=O)C1=O. The highest BCUT2D eigenvalue weighted by Gasteiger charge is 2.30. The summed E-state index contributed by atoms with van der Waals surface area (Å²) in [5.41, 5.74) is 0.396. The highest BCUT2D eigenvalue weighted by Crippen LogP contribution is 2.12. The molecule has 2 heterocycles. The minimum Gasteiger partial charge on any atom is -0.355 e. The average Bonchev–Trinajstić information content (AvgIpc) is 2.65. The van der Waals surface area contributed by atoms with Crippen LogP contribution in [0.4, 0.5) is 0 Å². The van der Waals surface area contributed by atoms with Crippen molar-refractivity contribution in [1.29, 1.82) is 0 Å². The monoisotopic (exact) mass is 279 g/mol. The molecule has 0 radical (unpaired) electrons. The van der Waals surface area contributed by atoms with E-state index in [1.54, 1.807) is 6.92 Å². The lowest BCUT2D eigenvalue weighted by molar-refractivity contribution is -0.140. The number of piperidine rings is 1. The molecular formula is C13H17N3O4. The van der Waals surface area contributed by atoms with Crippen molar-refractivity contribution in [3.8, 4) is 0 Å². The molecule has 2 aliphatic rings. The number of hydrogen-bond acceptors (Lipinski definition) is 4. The van der Waals surface area contributed by atoms with Crippen molar-refractivity contribution in [2.24, 2.45) is 5.92 Å². The van der Waals surface area contributed by atoms with Gasteiger partial charge in [0.25, 0.3) is 11.8 Å². The Labute approximate surface area is 116 Å². The third kappa shape index (κ3) is 2.87. The summed E-state index contributed by atoms with van der Waals surface area (Å²) in [7, 11) is 0. The molecule has 2 aliphatic heterocycles. The molecule has 0 spiro atoms. The number of hydrogen-bond donors (Lipinski definition) is 2. The minimum atomic E-state index is -0.673. The number of imide groups is 1. The van der Waals surface area contributed by atoms with E-state index in [1.165, 1.54) is 6.08 Å². The summed E-state index contributed by atoms with van der Waals surface area (Å²) in [4.78, 5) is 47.5. The van der Waals surface area contributed by atoms with Crippen LogP contribution >= 0.6 is 0 Å². The minimum absolute atomic E-state index is 0.117. The number of amides is 4. The zero-order chi connectivity index (χ0) is 14.7. The zero-order valence-corrected chi connectivity index (χ0v) is 11.3. The van der Waals surface area contributed by atoms with Crippen LogP contribution in [0, 0.1) is 5.92 Å². The average molecular weight is 279 g/mol. The zero-order valence-electron chi connectivity index (χ0n) is 11.3. The van der Waals surface area contributed by atoms with E-state index in [1.807, 2.05) is 0 Å². The van der Waals surface area contributed by atoms with Gasteiger partial charge in [0.1, 0.15) is 5.92 Å². The first kappa shape index (κ1) is 14.2. The highest BCUT2D eigenvalue weighted by atomic mass is 16.2. The van der Waals surface area contributed by atoms with E-state index in [2.05, 4.69) is 10.6 Å². The Morgan fingerprint density at radius 3 is 2.80 bits per heavy atom. The van der Waals surface area contributed by atoms with Crippen LogP contribution in [0.3, 0.4) is 0 Å². The van der Waals surface area contributed by atoms with Gasteiger partial charge < -0.3 is 10.6 Å². The summed E-state index contributed by atoms with van der Waals surface area (Å²) in [5, 5.41) is 5.23. The van der Waals surface area contributed by atoms with Gasteiger partial charge in [-0.1, -0.05) is 0 Å². The van der Waals surface area contributed by atoms with Crippen LogP contribution < -0.4 is 10.6 Å². The Kier molecular flexibility index (Phi) is 4.16. The van der Waals surface area contributed by atoms with E-state index < -0.39 is 5.92 Å². The van der Waals surface area contributed by atoms with Crippen molar-refractivity contribution in [2.75, 3.05) is 19.6 Å². The quantitative estimate of drug-likeness (QED) is 0.507. The highest BCUT2D eigenvalue weighted by molar-refractivity contribution is 6.15. The van der Waals surface area contributed by atoms with Crippen LogP contribution in [0.15, 0.2) is 11.6 Å². The lowest BCUT2D eigenvalue weighted by Gasteiger charge is -2.21. The standard InChI is InChI=1S/C13H17N3O4/c1-8-7-10(17)16(13(8)20)6-5-15-12(19)9-3-2-4-14-11(9)18/h7,9H,2-6H2,1H3,(H,14,18)(H,15,19). The van der Waals surface area contributed by atoms with E-state index in [0.29, 0.717) is 18.5 Å². The molecule has 0 aromatic heterocycles. The predicted octanol–water partition coefficient (Wildman–Crippen LogP) is -1.06. The summed E-state index contributed by atoms with van der Waals surface area (Å²) in [6, 6.07) is 0. The number of nitrogens with one attached hydrogen (secondary N) is 2.